The van der Waals surface area contributed by atoms with Crippen molar-refractivity contribution in [3.63, 3.8) is 0 Å². The van der Waals surface area contributed by atoms with Crippen molar-refractivity contribution in [1.29, 1.82) is 0 Å². The third-order valence-electron chi connectivity index (χ3n) is 10.6. The van der Waals surface area contributed by atoms with Gasteiger partial charge in [0.2, 0.25) is 35.4 Å². The third kappa shape index (κ3) is 15.4. The number of nitrogens with one attached hydrogen (secondary N) is 10. The monoisotopic (exact) mass is 891 g/mol. The Bertz CT molecular complexity index is 2100. The summed E-state index contributed by atoms with van der Waals surface area (Å²) < 4.78 is 0. The summed E-state index contributed by atoms with van der Waals surface area (Å²) in [5.74, 6) is -5.48. The molecule has 2 aromatic heterocycles. The van der Waals surface area contributed by atoms with Crippen molar-refractivity contribution in [1.82, 2.24) is 57.5 Å². The molecule has 20 nitrogen and oxygen atoms in total. The molecule has 13 N–H and O–H groups in total. The highest BCUT2D eigenvalue weighted by molar-refractivity contribution is 5.97. The number of aromatic nitrogens is 3. The van der Waals surface area contributed by atoms with Gasteiger partial charge < -0.3 is 63.3 Å². The zero-order chi connectivity index (χ0) is 47.1. The number of rotatable bonds is 25. The predicted octanol–water partition coefficient (Wildman–Crippen LogP) is 0.537. The van der Waals surface area contributed by atoms with Crippen LogP contribution in [0.1, 0.15) is 85.4 Å². The van der Waals surface area contributed by atoms with Crippen LogP contribution in [0.5, 0.6) is 0 Å². The second kappa shape index (κ2) is 23.9. The van der Waals surface area contributed by atoms with E-state index in [0.29, 0.717) is 18.1 Å². The summed E-state index contributed by atoms with van der Waals surface area (Å²) in [6.45, 7) is 12.9. The summed E-state index contributed by atoms with van der Waals surface area (Å²) in [5, 5.41) is 32.7. The van der Waals surface area contributed by atoms with Crippen molar-refractivity contribution in [2.24, 2.45) is 23.5 Å². The molecule has 3 heterocycles. The van der Waals surface area contributed by atoms with Crippen molar-refractivity contribution in [2.45, 2.75) is 129 Å². The molecule has 7 atom stereocenters. The molecule has 20 heteroatoms. The maximum Gasteiger partial charge on any atom is 0.325 e. The molecule has 350 valence electrons. The summed E-state index contributed by atoms with van der Waals surface area (Å²) in [6.07, 6.45) is 7.13. The van der Waals surface area contributed by atoms with Crippen LogP contribution in [0.3, 0.4) is 0 Å². The Morgan fingerprint density at radius 3 is 1.66 bits per heavy atom. The second-order valence-corrected chi connectivity index (χ2v) is 17.6. The van der Waals surface area contributed by atoms with E-state index in [0.717, 1.165) is 16.5 Å². The number of nitrogens with zero attached hydrogens (tertiary/aromatic N) is 1. The van der Waals surface area contributed by atoms with Crippen molar-refractivity contribution in [3.05, 3.63) is 66.1 Å². The lowest BCUT2D eigenvalue weighted by Gasteiger charge is -2.29. The predicted molar refractivity (Wildman–Crippen MR) is 239 cm³/mol. The number of aromatic amines is 2. The van der Waals surface area contributed by atoms with Gasteiger partial charge in [-0.15, -0.1) is 0 Å². The standard InChI is InChI=1S/C44H66N12O8/c1-23(2)12-33(40(59)54-35(14-25(5)6)42(61)56-36(16-28-19-46-21-49-28)39(58)51-26(7)44(63)64)53-41(60)34(13-24(3)4)55-43(62)37(17-29-20-47-22-50-29)52-38(57)31(45)15-27-18-48-32-11-9-8-10-30(27)32/h8-11,18-21,23-26,31,33-37,47-48,50H,12-17,22,45H2,1-7H3,(H,46,49)(H,51,58)(H,52,57)(H,53,60)(H,54,59)(H,55,62)(H,56,61)(H,63,64)/t26-,31-,33-,34-,35-,36-,37-/m0/s1. The molecule has 0 spiro atoms. The van der Waals surface area contributed by atoms with Gasteiger partial charge >= 0.3 is 5.97 Å². The number of hydrogen-bond donors (Lipinski definition) is 12. The number of imidazole rings is 1. The van der Waals surface area contributed by atoms with E-state index in [-0.39, 0.29) is 56.3 Å². The van der Waals surface area contributed by atoms with Crippen LogP contribution in [0.25, 0.3) is 10.9 Å². The van der Waals surface area contributed by atoms with Crippen molar-refractivity contribution in [3.8, 4) is 0 Å². The molecule has 0 saturated heterocycles. The van der Waals surface area contributed by atoms with Gasteiger partial charge in [0, 0.05) is 53.7 Å². The lowest BCUT2D eigenvalue weighted by Crippen LogP contribution is -2.60. The summed E-state index contributed by atoms with van der Waals surface area (Å²) in [5.41, 5.74) is 9.30. The average Bonchev–Trinajstić information content (AvgIpc) is 4.03. The maximum absolute atomic E-state index is 14.2. The zero-order valence-corrected chi connectivity index (χ0v) is 37.7. The largest absolute Gasteiger partial charge is 0.480 e. The van der Waals surface area contributed by atoms with Gasteiger partial charge in [0.25, 0.3) is 0 Å². The van der Waals surface area contributed by atoms with E-state index in [4.69, 9.17) is 5.73 Å². The molecule has 3 aromatic rings. The number of carbonyl (C=O) groups excluding carboxylic acids is 6. The van der Waals surface area contributed by atoms with Crippen LogP contribution >= 0.6 is 0 Å². The summed E-state index contributed by atoms with van der Waals surface area (Å²) >= 11 is 0. The van der Waals surface area contributed by atoms with Crippen LogP contribution in [0, 0.1) is 17.8 Å². The molecule has 0 aliphatic carbocycles. The molecule has 1 aliphatic rings. The Morgan fingerprint density at radius 2 is 1.16 bits per heavy atom. The Labute approximate surface area is 373 Å². The van der Waals surface area contributed by atoms with Gasteiger partial charge in [0.15, 0.2) is 0 Å². The number of hydrogen-bond acceptors (Lipinski definition) is 11. The maximum atomic E-state index is 14.2. The number of aliphatic carboxylic acids is 1. The summed E-state index contributed by atoms with van der Waals surface area (Å²) in [4.78, 5) is 105. The Balaban J connectivity index is 1.50. The smallest absolute Gasteiger partial charge is 0.325 e. The molecule has 0 unspecified atom stereocenters. The van der Waals surface area contributed by atoms with Gasteiger partial charge in [0.1, 0.15) is 36.3 Å². The zero-order valence-electron chi connectivity index (χ0n) is 37.7. The normalized spacial score (nSPS) is 15.7. The first kappa shape index (κ1) is 50.2. The number of amides is 6. The molecule has 1 aliphatic heterocycles. The van der Waals surface area contributed by atoms with E-state index >= 15 is 0 Å². The number of carboxylic acid groups (broad SMARTS) is 1. The van der Waals surface area contributed by atoms with Gasteiger partial charge in [0.05, 0.1) is 19.0 Å². The topological polar surface area (TPSA) is 306 Å². The van der Waals surface area contributed by atoms with Gasteiger partial charge in [-0.3, -0.25) is 33.6 Å². The summed E-state index contributed by atoms with van der Waals surface area (Å²) in [7, 11) is 0. The van der Waals surface area contributed by atoms with Crippen molar-refractivity contribution in [2.75, 3.05) is 6.67 Å². The van der Waals surface area contributed by atoms with E-state index in [2.05, 4.69) is 57.5 Å². The number of benzene rings is 1. The highest BCUT2D eigenvalue weighted by atomic mass is 16.4. The number of nitrogens with two attached hydrogens (primary N) is 1. The van der Waals surface area contributed by atoms with Crippen LogP contribution in [-0.4, -0.2) is 110 Å². The van der Waals surface area contributed by atoms with E-state index in [1.807, 2.05) is 65.8 Å². The van der Waals surface area contributed by atoms with Crippen molar-refractivity contribution < 1.29 is 38.7 Å². The van der Waals surface area contributed by atoms with Crippen LogP contribution in [-0.2, 0) is 46.4 Å². The molecule has 0 saturated carbocycles. The summed E-state index contributed by atoms with van der Waals surface area (Å²) in [6, 6.07) is -0.364. The Morgan fingerprint density at radius 1 is 0.656 bits per heavy atom. The third-order valence-corrected chi connectivity index (χ3v) is 10.6. The molecule has 0 radical (unpaired) electrons. The van der Waals surface area contributed by atoms with Gasteiger partial charge in [-0.1, -0.05) is 59.7 Å². The molecule has 4 rings (SSSR count). The minimum Gasteiger partial charge on any atom is -0.480 e. The second-order valence-electron chi connectivity index (χ2n) is 17.6. The van der Waals surface area contributed by atoms with Gasteiger partial charge in [-0.25, -0.2) is 4.98 Å². The fourth-order valence-corrected chi connectivity index (χ4v) is 7.26. The van der Waals surface area contributed by atoms with Crippen molar-refractivity contribution >= 4 is 52.3 Å². The molecule has 0 fully saturated rings. The molecule has 0 bridgehead atoms. The van der Waals surface area contributed by atoms with Crippen LogP contribution in [0.4, 0.5) is 0 Å². The molecule has 64 heavy (non-hydrogen) atoms. The Hall–Kier alpha value is -6.44. The van der Waals surface area contributed by atoms with E-state index < -0.39 is 83.7 Å². The van der Waals surface area contributed by atoms with E-state index in [9.17, 15) is 38.7 Å². The number of fused-ring (bicyclic) bond motifs is 1. The van der Waals surface area contributed by atoms with Crippen LogP contribution in [0.2, 0.25) is 0 Å². The number of H-pyrrole nitrogens is 2. The number of carbonyl (C=O) groups is 7. The fourth-order valence-electron chi connectivity index (χ4n) is 7.26. The van der Waals surface area contributed by atoms with E-state index in [1.165, 1.54) is 19.4 Å². The molecule has 6 amide bonds. The first-order chi connectivity index (χ1) is 30.3. The lowest BCUT2D eigenvalue weighted by molar-refractivity contribution is -0.141. The first-order valence-electron chi connectivity index (χ1n) is 21.8. The minimum atomic E-state index is -1.26. The SMILES string of the molecule is CC(C)C[C@H](NC(=O)[C@H](CC(C)C)NC(=O)[C@H](CC(C)C)NC(=O)[C@H](CC1=CNCN1)NC(=O)[C@@H](N)Cc1c[nH]c2ccccc12)C(=O)N[C@@H](Cc1cnc[nH]1)C(=O)N[C@@H](C)C(=O)O. The van der Waals surface area contributed by atoms with Crippen LogP contribution < -0.4 is 48.3 Å². The van der Waals surface area contributed by atoms with Gasteiger partial charge in [-0.05, 0) is 62.0 Å². The fraction of sp³-hybridized carbons (Fsp3) is 0.545. The average molecular weight is 891 g/mol. The molecular formula is C44H66N12O8. The minimum absolute atomic E-state index is 0.0470. The van der Waals surface area contributed by atoms with Gasteiger partial charge in [-0.2, -0.15) is 0 Å². The number of carboxylic acids is 1. The van der Waals surface area contributed by atoms with Crippen LogP contribution in [0.15, 0.2) is 54.9 Å². The quantitative estimate of drug-likeness (QED) is 0.0555. The van der Waals surface area contributed by atoms with E-state index in [1.54, 1.807) is 12.4 Å². The lowest BCUT2D eigenvalue weighted by atomic mass is 9.98. The number of para-hydroxylation sites is 1. The highest BCUT2D eigenvalue weighted by Gasteiger charge is 2.35. The highest BCUT2D eigenvalue weighted by Crippen LogP contribution is 2.19. The molecule has 1 aromatic carbocycles. The first-order valence-corrected chi connectivity index (χ1v) is 21.8. The Kier molecular flexibility index (Phi) is 18.7. The molecular weight excluding hydrogens is 825 g/mol.